The Bertz CT molecular complexity index is 1250. The van der Waals surface area contributed by atoms with Crippen molar-refractivity contribution >= 4 is 17.5 Å². The standard InChI is InChI=1S/C27H30N4O4/c1-17-28-14-25(35-17)21-5-3-4-20(12-21)24(16-31-9-8-22(32)15-31)30(2)27(34)11-18-6-7-19-13-26(33)29-23(19)10-18/h3-7,10,12,14,22,24,32H,8-9,11,13,15-16H2,1-2H3,(H,29,33)/t22-,24+/m0/s1. The van der Waals surface area contributed by atoms with Crippen molar-refractivity contribution in [1.82, 2.24) is 14.8 Å². The smallest absolute Gasteiger partial charge is 0.228 e. The molecule has 1 fully saturated rings. The van der Waals surface area contributed by atoms with Gasteiger partial charge in [0.25, 0.3) is 0 Å². The van der Waals surface area contributed by atoms with Gasteiger partial charge in [-0.05, 0) is 35.2 Å². The predicted molar refractivity (Wildman–Crippen MR) is 132 cm³/mol. The number of carbonyl (C=O) groups excluding carboxylic acids is 2. The van der Waals surface area contributed by atoms with Gasteiger partial charge in [-0.1, -0.05) is 30.3 Å². The summed E-state index contributed by atoms with van der Waals surface area (Å²) in [6.45, 7) is 3.83. The van der Waals surface area contributed by atoms with E-state index in [1.54, 1.807) is 11.1 Å². The zero-order valence-corrected chi connectivity index (χ0v) is 20.0. The number of carbonyl (C=O) groups is 2. The van der Waals surface area contributed by atoms with E-state index in [0.717, 1.165) is 40.9 Å². The van der Waals surface area contributed by atoms with Crippen molar-refractivity contribution in [3.8, 4) is 11.3 Å². The Morgan fingerprint density at radius 2 is 2.17 bits per heavy atom. The van der Waals surface area contributed by atoms with Crippen molar-refractivity contribution < 1.29 is 19.1 Å². The maximum atomic E-state index is 13.4. The highest BCUT2D eigenvalue weighted by Gasteiger charge is 2.29. The van der Waals surface area contributed by atoms with Crippen molar-refractivity contribution in [3.63, 3.8) is 0 Å². The van der Waals surface area contributed by atoms with Crippen LogP contribution in [0.1, 0.15) is 35.0 Å². The lowest BCUT2D eigenvalue weighted by molar-refractivity contribution is -0.131. The zero-order valence-electron chi connectivity index (χ0n) is 20.0. The van der Waals surface area contributed by atoms with Crippen molar-refractivity contribution in [2.75, 3.05) is 32.0 Å². The molecule has 0 saturated carbocycles. The molecule has 5 rings (SSSR count). The average Bonchev–Trinajstić information content (AvgIpc) is 3.56. The van der Waals surface area contributed by atoms with Crippen molar-refractivity contribution in [3.05, 3.63) is 71.2 Å². The van der Waals surface area contributed by atoms with Gasteiger partial charge >= 0.3 is 0 Å². The molecule has 1 saturated heterocycles. The van der Waals surface area contributed by atoms with Gasteiger partial charge in [0.15, 0.2) is 11.7 Å². The van der Waals surface area contributed by atoms with Crippen LogP contribution in [-0.4, -0.2) is 64.5 Å². The summed E-state index contributed by atoms with van der Waals surface area (Å²) < 4.78 is 5.72. The highest BCUT2D eigenvalue weighted by Crippen LogP contribution is 2.29. The van der Waals surface area contributed by atoms with E-state index in [4.69, 9.17) is 4.42 Å². The van der Waals surface area contributed by atoms with Crippen LogP contribution in [-0.2, 0) is 22.4 Å². The first-order valence-electron chi connectivity index (χ1n) is 12.0. The molecule has 8 heteroatoms. The van der Waals surface area contributed by atoms with Crippen LogP contribution in [0.25, 0.3) is 11.3 Å². The highest BCUT2D eigenvalue weighted by molar-refractivity contribution is 5.99. The van der Waals surface area contributed by atoms with E-state index in [0.29, 0.717) is 31.2 Å². The fraction of sp³-hybridized carbons (Fsp3) is 0.370. The molecule has 2 N–H and O–H groups in total. The Labute approximate surface area is 204 Å². The molecule has 0 bridgehead atoms. The molecule has 3 aromatic rings. The van der Waals surface area contributed by atoms with Crippen LogP contribution in [0, 0.1) is 6.92 Å². The average molecular weight is 475 g/mol. The lowest BCUT2D eigenvalue weighted by Gasteiger charge is -2.32. The predicted octanol–water partition coefficient (Wildman–Crippen LogP) is 2.95. The first-order valence-corrected chi connectivity index (χ1v) is 12.0. The number of aliphatic hydroxyl groups excluding tert-OH is 1. The summed E-state index contributed by atoms with van der Waals surface area (Å²) in [7, 11) is 1.83. The van der Waals surface area contributed by atoms with Gasteiger partial charge in [0.1, 0.15) is 0 Å². The van der Waals surface area contributed by atoms with Gasteiger partial charge in [-0.3, -0.25) is 14.5 Å². The summed E-state index contributed by atoms with van der Waals surface area (Å²) in [5, 5.41) is 12.9. The van der Waals surface area contributed by atoms with Crippen LogP contribution in [0.4, 0.5) is 5.69 Å². The van der Waals surface area contributed by atoms with Crippen LogP contribution in [0.15, 0.2) is 53.1 Å². The molecule has 8 nitrogen and oxygen atoms in total. The SMILES string of the molecule is Cc1ncc(-c2cccc([C@@H](CN3CC[C@H](O)C3)N(C)C(=O)Cc3ccc4c(c3)NC(=O)C4)c2)o1. The number of nitrogens with one attached hydrogen (secondary N) is 1. The molecule has 35 heavy (non-hydrogen) atoms. The Kier molecular flexibility index (Phi) is 6.40. The van der Waals surface area contributed by atoms with Crippen LogP contribution >= 0.6 is 0 Å². The summed E-state index contributed by atoms with van der Waals surface area (Å²) in [4.78, 5) is 33.3. The summed E-state index contributed by atoms with van der Waals surface area (Å²) in [5.74, 6) is 1.26. The van der Waals surface area contributed by atoms with Gasteiger partial charge < -0.3 is 19.7 Å². The molecule has 2 aliphatic heterocycles. The summed E-state index contributed by atoms with van der Waals surface area (Å²) in [5.41, 5.74) is 4.52. The number of fused-ring (bicyclic) bond motifs is 1. The number of oxazole rings is 1. The Hall–Kier alpha value is -3.49. The summed E-state index contributed by atoms with van der Waals surface area (Å²) in [6, 6.07) is 13.5. The van der Waals surface area contributed by atoms with E-state index in [1.165, 1.54) is 0 Å². The molecule has 2 aliphatic rings. The number of aliphatic hydroxyl groups is 1. The molecule has 0 spiro atoms. The Morgan fingerprint density at radius 3 is 2.91 bits per heavy atom. The first kappa shape index (κ1) is 23.3. The lowest BCUT2D eigenvalue weighted by atomic mass is 10.00. The molecule has 1 aromatic heterocycles. The quantitative estimate of drug-likeness (QED) is 0.546. The maximum absolute atomic E-state index is 13.4. The zero-order chi connectivity index (χ0) is 24.5. The third-order valence-electron chi connectivity index (χ3n) is 6.87. The van der Waals surface area contributed by atoms with Gasteiger partial charge in [-0.25, -0.2) is 4.98 Å². The fourth-order valence-electron chi connectivity index (χ4n) is 4.91. The number of anilines is 1. The highest BCUT2D eigenvalue weighted by atomic mass is 16.4. The Morgan fingerprint density at radius 1 is 1.31 bits per heavy atom. The molecule has 182 valence electrons. The third kappa shape index (κ3) is 5.13. The van der Waals surface area contributed by atoms with Gasteiger partial charge in [0.2, 0.25) is 11.8 Å². The lowest BCUT2D eigenvalue weighted by Crippen LogP contribution is -2.39. The molecular weight excluding hydrogens is 444 g/mol. The van der Waals surface area contributed by atoms with Crippen LogP contribution < -0.4 is 5.32 Å². The van der Waals surface area contributed by atoms with Crippen LogP contribution in [0.5, 0.6) is 0 Å². The number of nitrogens with zero attached hydrogens (tertiary/aromatic N) is 3. The minimum Gasteiger partial charge on any atom is -0.441 e. The second kappa shape index (κ2) is 9.64. The second-order valence-corrected chi connectivity index (χ2v) is 9.48. The minimum atomic E-state index is -0.332. The monoisotopic (exact) mass is 474 g/mol. The third-order valence-corrected chi connectivity index (χ3v) is 6.87. The number of benzene rings is 2. The van der Waals surface area contributed by atoms with Gasteiger partial charge in [-0.15, -0.1) is 0 Å². The van der Waals surface area contributed by atoms with Crippen LogP contribution in [0.3, 0.4) is 0 Å². The minimum absolute atomic E-state index is 0.0140. The van der Waals surface area contributed by atoms with E-state index in [-0.39, 0.29) is 30.4 Å². The number of likely N-dealkylation sites (N-methyl/N-ethyl adjacent to an activating group) is 1. The maximum Gasteiger partial charge on any atom is 0.228 e. The molecule has 0 radical (unpaired) electrons. The Balaban J connectivity index is 1.39. The first-order chi connectivity index (χ1) is 16.9. The van der Waals surface area contributed by atoms with E-state index >= 15 is 0 Å². The van der Waals surface area contributed by atoms with Crippen molar-refractivity contribution in [2.45, 2.75) is 38.3 Å². The molecule has 2 amide bonds. The topological polar surface area (TPSA) is 98.9 Å². The van der Waals surface area contributed by atoms with Crippen molar-refractivity contribution in [1.29, 1.82) is 0 Å². The number of hydrogen-bond donors (Lipinski definition) is 2. The molecule has 2 aromatic carbocycles. The summed E-state index contributed by atoms with van der Waals surface area (Å²) in [6.07, 6.45) is 2.74. The van der Waals surface area contributed by atoms with Crippen LogP contribution in [0.2, 0.25) is 0 Å². The van der Waals surface area contributed by atoms with Gasteiger partial charge in [0, 0.05) is 44.9 Å². The molecular formula is C27H30N4O4. The fourth-order valence-corrected chi connectivity index (χ4v) is 4.91. The largest absolute Gasteiger partial charge is 0.441 e. The number of amides is 2. The van der Waals surface area contributed by atoms with E-state index in [2.05, 4.69) is 15.2 Å². The van der Waals surface area contributed by atoms with Gasteiger partial charge in [-0.2, -0.15) is 0 Å². The second-order valence-electron chi connectivity index (χ2n) is 9.48. The van der Waals surface area contributed by atoms with Crippen molar-refractivity contribution in [2.24, 2.45) is 0 Å². The van der Waals surface area contributed by atoms with Gasteiger partial charge in [0.05, 0.1) is 31.2 Å². The molecule has 3 heterocycles. The van der Waals surface area contributed by atoms with E-state index < -0.39 is 0 Å². The number of rotatable bonds is 7. The molecule has 2 atom stereocenters. The number of aromatic nitrogens is 1. The summed E-state index contributed by atoms with van der Waals surface area (Å²) >= 11 is 0. The number of likely N-dealkylation sites (tertiary alicyclic amines) is 1. The van der Waals surface area contributed by atoms with E-state index in [9.17, 15) is 14.7 Å². The molecule has 0 unspecified atom stereocenters. The number of β-amino-alcohol motifs (C(OH)–C–C–N with tert-alkyl or cyclic N) is 1. The van der Waals surface area contributed by atoms with E-state index in [1.807, 2.05) is 56.4 Å². The number of aryl methyl sites for hydroxylation is 1. The normalized spacial score (nSPS) is 18.4. The molecule has 0 aliphatic carbocycles. The number of hydrogen-bond acceptors (Lipinski definition) is 6.